The fourth-order valence-corrected chi connectivity index (χ4v) is 2.81. The van der Waals surface area contributed by atoms with Gasteiger partial charge in [-0.2, -0.15) is 0 Å². The average Bonchev–Trinajstić information content (AvgIpc) is 2.46. The van der Waals surface area contributed by atoms with E-state index in [2.05, 4.69) is 10.6 Å². The molecule has 1 fully saturated rings. The minimum absolute atomic E-state index is 0.163. The monoisotopic (exact) mass is 322 g/mol. The van der Waals surface area contributed by atoms with Crippen LogP contribution in [-0.2, 0) is 11.3 Å². The van der Waals surface area contributed by atoms with Gasteiger partial charge in [-0.15, -0.1) is 0 Å². The van der Waals surface area contributed by atoms with Crippen LogP contribution in [-0.4, -0.2) is 23.8 Å². The smallest absolute Gasteiger partial charge is 0.407 e. The molecular formula is C18H27FN2O2. The Morgan fingerprint density at radius 2 is 1.78 bits per heavy atom. The summed E-state index contributed by atoms with van der Waals surface area (Å²) in [5.41, 5.74) is 0.226. The number of nitrogens with one attached hydrogen (secondary N) is 2. The van der Waals surface area contributed by atoms with E-state index in [0.717, 1.165) is 25.7 Å². The first-order valence-electron chi connectivity index (χ1n) is 8.30. The molecular weight excluding hydrogens is 295 g/mol. The third-order valence-electron chi connectivity index (χ3n) is 3.99. The SMILES string of the molecule is CC(C)(C)OC(=O)NC1CCC(NCc2ccccc2F)CC1. The summed E-state index contributed by atoms with van der Waals surface area (Å²) in [6.45, 7) is 6.11. The van der Waals surface area contributed by atoms with E-state index in [1.54, 1.807) is 12.1 Å². The van der Waals surface area contributed by atoms with Crippen LogP contribution >= 0.6 is 0 Å². The van der Waals surface area contributed by atoms with Gasteiger partial charge in [0, 0.05) is 24.2 Å². The molecule has 5 heteroatoms. The van der Waals surface area contributed by atoms with Crippen molar-refractivity contribution in [2.75, 3.05) is 0 Å². The third kappa shape index (κ3) is 6.18. The van der Waals surface area contributed by atoms with Crippen LogP contribution in [0, 0.1) is 5.82 Å². The largest absolute Gasteiger partial charge is 0.444 e. The van der Waals surface area contributed by atoms with Gasteiger partial charge >= 0.3 is 6.09 Å². The number of rotatable bonds is 4. The number of amides is 1. The summed E-state index contributed by atoms with van der Waals surface area (Å²) in [5, 5.41) is 6.34. The minimum atomic E-state index is -0.470. The van der Waals surface area contributed by atoms with E-state index in [-0.39, 0.29) is 18.0 Å². The molecule has 1 amide bonds. The zero-order chi connectivity index (χ0) is 16.9. The van der Waals surface area contributed by atoms with Gasteiger partial charge in [-0.05, 0) is 52.5 Å². The van der Waals surface area contributed by atoms with Crippen LogP contribution in [0.3, 0.4) is 0 Å². The van der Waals surface area contributed by atoms with Crippen LogP contribution < -0.4 is 10.6 Å². The Kier molecular flexibility index (Phi) is 5.99. The van der Waals surface area contributed by atoms with Gasteiger partial charge in [-0.3, -0.25) is 0 Å². The zero-order valence-electron chi connectivity index (χ0n) is 14.2. The van der Waals surface area contributed by atoms with Gasteiger partial charge < -0.3 is 15.4 Å². The first kappa shape index (κ1) is 17.7. The Morgan fingerprint density at radius 3 is 2.39 bits per heavy atom. The molecule has 1 aromatic carbocycles. The summed E-state index contributed by atoms with van der Waals surface area (Å²) in [5.74, 6) is -0.166. The quantitative estimate of drug-likeness (QED) is 0.887. The molecule has 1 aliphatic rings. The molecule has 1 saturated carbocycles. The summed E-state index contributed by atoms with van der Waals surface area (Å²) >= 11 is 0. The lowest BCUT2D eigenvalue weighted by atomic mass is 9.91. The summed E-state index contributed by atoms with van der Waals surface area (Å²) in [6.07, 6.45) is 3.41. The number of hydrogen-bond acceptors (Lipinski definition) is 3. The topological polar surface area (TPSA) is 50.4 Å². The van der Waals surface area contributed by atoms with Crippen LogP contribution in [0.2, 0.25) is 0 Å². The van der Waals surface area contributed by atoms with Gasteiger partial charge in [0.1, 0.15) is 11.4 Å². The molecule has 0 bridgehead atoms. The summed E-state index contributed by atoms with van der Waals surface area (Å²) in [7, 11) is 0. The molecule has 128 valence electrons. The van der Waals surface area contributed by atoms with E-state index in [0.29, 0.717) is 18.2 Å². The Morgan fingerprint density at radius 1 is 1.17 bits per heavy atom. The molecule has 0 heterocycles. The second-order valence-electron chi connectivity index (χ2n) is 7.17. The number of carbonyl (C=O) groups is 1. The van der Waals surface area contributed by atoms with Crippen molar-refractivity contribution < 1.29 is 13.9 Å². The maximum Gasteiger partial charge on any atom is 0.407 e. The fourth-order valence-electron chi connectivity index (χ4n) is 2.81. The molecule has 4 nitrogen and oxygen atoms in total. The standard InChI is InChI=1S/C18H27FN2O2/c1-18(2,3)23-17(22)21-15-10-8-14(9-11-15)20-12-13-6-4-5-7-16(13)19/h4-7,14-15,20H,8-12H2,1-3H3,(H,21,22). The Labute approximate surface area is 137 Å². The highest BCUT2D eigenvalue weighted by molar-refractivity contribution is 5.68. The van der Waals surface area contributed by atoms with Crippen LogP contribution in [0.1, 0.15) is 52.0 Å². The van der Waals surface area contributed by atoms with Crippen molar-refractivity contribution in [1.82, 2.24) is 10.6 Å². The number of ether oxygens (including phenoxy) is 1. The Bertz CT molecular complexity index is 520. The van der Waals surface area contributed by atoms with Crippen molar-refractivity contribution in [3.8, 4) is 0 Å². The maximum atomic E-state index is 13.6. The molecule has 0 radical (unpaired) electrons. The number of carbonyl (C=O) groups excluding carboxylic acids is 1. The predicted molar refractivity (Wildman–Crippen MR) is 88.7 cm³/mol. The van der Waals surface area contributed by atoms with Crippen molar-refractivity contribution in [2.24, 2.45) is 0 Å². The summed E-state index contributed by atoms with van der Waals surface area (Å²) in [4.78, 5) is 11.8. The van der Waals surface area contributed by atoms with Crippen molar-refractivity contribution in [3.05, 3.63) is 35.6 Å². The van der Waals surface area contributed by atoms with E-state index in [9.17, 15) is 9.18 Å². The molecule has 0 aromatic heterocycles. The highest BCUT2D eigenvalue weighted by Gasteiger charge is 2.24. The fraction of sp³-hybridized carbons (Fsp3) is 0.611. The molecule has 0 spiro atoms. The lowest BCUT2D eigenvalue weighted by Gasteiger charge is -2.30. The van der Waals surface area contributed by atoms with Gasteiger partial charge in [0.2, 0.25) is 0 Å². The number of hydrogen-bond donors (Lipinski definition) is 2. The second kappa shape index (κ2) is 7.77. The van der Waals surface area contributed by atoms with Crippen molar-refractivity contribution in [2.45, 2.75) is 70.7 Å². The number of halogens is 1. The van der Waals surface area contributed by atoms with Gasteiger partial charge in [0.25, 0.3) is 0 Å². The van der Waals surface area contributed by atoms with Crippen LogP contribution in [0.4, 0.5) is 9.18 Å². The lowest BCUT2D eigenvalue weighted by Crippen LogP contribution is -2.43. The van der Waals surface area contributed by atoms with Crippen LogP contribution in [0.25, 0.3) is 0 Å². The van der Waals surface area contributed by atoms with Crippen molar-refractivity contribution in [3.63, 3.8) is 0 Å². The van der Waals surface area contributed by atoms with E-state index < -0.39 is 5.60 Å². The molecule has 1 aliphatic carbocycles. The second-order valence-corrected chi connectivity index (χ2v) is 7.17. The normalized spacial score (nSPS) is 21.7. The molecule has 2 N–H and O–H groups in total. The van der Waals surface area contributed by atoms with Crippen molar-refractivity contribution in [1.29, 1.82) is 0 Å². The lowest BCUT2D eigenvalue weighted by molar-refractivity contribution is 0.0489. The van der Waals surface area contributed by atoms with E-state index in [1.807, 2.05) is 26.8 Å². The Balaban J connectivity index is 1.70. The highest BCUT2D eigenvalue weighted by atomic mass is 19.1. The van der Waals surface area contributed by atoms with Gasteiger partial charge in [0.15, 0.2) is 0 Å². The van der Waals surface area contributed by atoms with Crippen LogP contribution in [0.15, 0.2) is 24.3 Å². The molecule has 0 aliphatic heterocycles. The molecule has 0 unspecified atom stereocenters. The highest BCUT2D eigenvalue weighted by Crippen LogP contribution is 2.20. The molecule has 1 aromatic rings. The van der Waals surface area contributed by atoms with Crippen LogP contribution in [0.5, 0.6) is 0 Å². The summed E-state index contributed by atoms with van der Waals surface area (Å²) in [6, 6.07) is 7.37. The third-order valence-corrected chi connectivity index (χ3v) is 3.99. The Hall–Kier alpha value is -1.62. The first-order chi connectivity index (χ1) is 10.8. The van der Waals surface area contributed by atoms with E-state index in [4.69, 9.17) is 4.74 Å². The van der Waals surface area contributed by atoms with E-state index in [1.165, 1.54) is 6.07 Å². The maximum absolute atomic E-state index is 13.6. The average molecular weight is 322 g/mol. The van der Waals surface area contributed by atoms with Gasteiger partial charge in [-0.25, -0.2) is 9.18 Å². The zero-order valence-corrected chi connectivity index (χ0v) is 14.2. The van der Waals surface area contributed by atoms with Crippen molar-refractivity contribution >= 4 is 6.09 Å². The number of alkyl carbamates (subject to hydrolysis) is 1. The molecule has 0 atom stereocenters. The molecule has 0 saturated heterocycles. The van der Waals surface area contributed by atoms with Gasteiger partial charge in [0.05, 0.1) is 0 Å². The predicted octanol–water partition coefficient (Wildman–Crippen LogP) is 3.75. The summed E-state index contributed by atoms with van der Waals surface area (Å²) < 4.78 is 18.9. The van der Waals surface area contributed by atoms with Gasteiger partial charge in [-0.1, -0.05) is 18.2 Å². The van der Waals surface area contributed by atoms with E-state index >= 15 is 0 Å². The molecule has 23 heavy (non-hydrogen) atoms. The minimum Gasteiger partial charge on any atom is -0.444 e. The number of benzene rings is 1. The molecule has 2 rings (SSSR count). The first-order valence-corrected chi connectivity index (χ1v) is 8.30.